The molecule has 2 N–H and O–H groups in total. The zero-order valence-corrected chi connectivity index (χ0v) is 14.7. The Kier molecular flexibility index (Phi) is 5.01. The highest BCUT2D eigenvalue weighted by Gasteiger charge is 2.36. The molecule has 0 unspecified atom stereocenters. The lowest BCUT2D eigenvalue weighted by molar-refractivity contribution is -0.0233. The van der Waals surface area contributed by atoms with Gasteiger partial charge in [0.25, 0.3) is 5.91 Å². The molecule has 21 heavy (non-hydrogen) atoms. The van der Waals surface area contributed by atoms with Crippen LogP contribution in [0.3, 0.4) is 0 Å². The SMILES string of the molecule is CC1(C)CCC(O)(CNC(=O)c2ccc(Cl)cc2Br)CC1. The van der Waals surface area contributed by atoms with Crippen LogP contribution in [0.15, 0.2) is 22.7 Å². The topological polar surface area (TPSA) is 49.3 Å². The second kappa shape index (κ2) is 6.27. The maximum atomic E-state index is 12.2. The van der Waals surface area contributed by atoms with Crippen LogP contribution < -0.4 is 5.32 Å². The van der Waals surface area contributed by atoms with Gasteiger partial charge in [0.05, 0.1) is 11.2 Å². The predicted molar refractivity (Wildman–Crippen MR) is 88.7 cm³/mol. The summed E-state index contributed by atoms with van der Waals surface area (Å²) in [5.41, 5.74) is 0.0265. The summed E-state index contributed by atoms with van der Waals surface area (Å²) in [4.78, 5) is 12.2. The molecule has 1 fully saturated rings. The standard InChI is InChI=1S/C16H21BrClNO2/c1-15(2)5-7-16(21,8-6-15)10-19-14(20)12-4-3-11(18)9-13(12)17/h3-4,9,21H,5-8,10H2,1-2H3,(H,19,20). The Bertz CT molecular complexity index is 535. The Morgan fingerprint density at radius 1 is 1.33 bits per heavy atom. The van der Waals surface area contributed by atoms with Crippen molar-refractivity contribution in [3.8, 4) is 0 Å². The predicted octanol–water partition coefficient (Wildman–Crippen LogP) is 4.16. The van der Waals surface area contributed by atoms with E-state index in [0.717, 1.165) is 25.7 Å². The number of carbonyl (C=O) groups is 1. The third-order valence-electron chi connectivity index (χ3n) is 4.29. The van der Waals surface area contributed by atoms with E-state index in [1.54, 1.807) is 18.2 Å². The minimum Gasteiger partial charge on any atom is -0.388 e. The van der Waals surface area contributed by atoms with Gasteiger partial charge >= 0.3 is 0 Å². The summed E-state index contributed by atoms with van der Waals surface area (Å²) in [5, 5.41) is 14.0. The van der Waals surface area contributed by atoms with E-state index in [-0.39, 0.29) is 17.9 Å². The smallest absolute Gasteiger partial charge is 0.252 e. The van der Waals surface area contributed by atoms with Gasteiger partial charge in [-0.2, -0.15) is 0 Å². The van der Waals surface area contributed by atoms with Crippen LogP contribution in [0.5, 0.6) is 0 Å². The highest BCUT2D eigenvalue weighted by Crippen LogP contribution is 2.39. The van der Waals surface area contributed by atoms with Crippen molar-refractivity contribution in [2.45, 2.75) is 45.1 Å². The van der Waals surface area contributed by atoms with E-state index in [1.807, 2.05) is 0 Å². The van der Waals surface area contributed by atoms with Crippen LogP contribution in [0.25, 0.3) is 0 Å². The van der Waals surface area contributed by atoms with Crippen LogP contribution >= 0.6 is 27.5 Å². The molecule has 0 bridgehead atoms. The zero-order valence-electron chi connectivity index (χ0n) is 12.4. The number of aliphatic hydroxyl groups is 1. The first kappa shape index (κ1) is 16.8. The second-order valence-corrected chi connectivity index (χ2v) is 7.99. The molecule has 0 saturated heterocycles. The molecule has 0 spiro atoms. The van der Waals surface area contributed by atoms with E-state index in [1.165, 1.54) is 0 Å². The monoisotopic (exact) mass is 373 g/mol. The maximum absolute atomic E-state index is 12.2. The van der Waals surface area contributed by atoms with Crippen LogP contribution in [-0.4, -0.2) is 23.2 Å². The third kappa shape index (κ3) is 4.44. The highest BCUT2D eigenvalue weighted by atomic mass is 79.9. The molecule has 116 valence electrons. The minimum atomic E-state index is -0.788. The van der Waals surface area contributed by atoms with E-state index in [2.05, 4.69) is 35.1 Å². The van der Waals surface area contributed by atoms with Gasteiger partial charge in [0.1, 0.15) is 0 Å². The van der Waals surface area contributed by atoms with Crippen molar-refractivity contribution in [1.82, 2.24) is 5.32 Å². The van der Waals surface area contributed by atoms with Crippen molar-refractivity contribution in [2.75, 3.05) is 6.54 Å². The fourth-order valence-corrected chi connectivity index (χ4v) is 3.45. The fraction of sp³-hybridized carbons (Fsp3) is 0.562. The Morgan fingerprint density at radius 2 is 1.95 bits per heavy atom. The second-order valence-electron chi connectivity index (χ2n) is 6.70. The lowest BCUT2D eigenvalue weighted by Crippen LogP contribution is -2.46. The number of amides is 1. The molecule has 1 aromatic carbocycles. The van der Waals surface area contributed by atoms with Crippen LogP contribution in [0.4, 0.5) is 0 Å². The van der Waals surface area contributed by atoms with Gasteiger partial charge in [-0.15, -0.1) is 0 Å². The van der Waals surface area contributed by atoms with Crippen LogP contribution in [-0.2, 0) is 0 Å². The lowest BCUT2D eigenvalue weighted by Gasteiger charge is -2.40. The Hall–Kier alpha value is -0.580. The molecule has 2 rings (SSSR count). The van der Waals surface area contributed by atoms with E-state index in [0.29, 0.717) is 15.1 Å². The molecule has 3 nitrogen and oxygen atoms in total. The Balaban J connectivity index is 1.95. The normalized spacial score (nSPS) is 20.0. The molecule has 1 aliphatic rings. The molecule has 5 heteroatoms. The van der Waals surface area contributed by atoms with Crippen molar-refractivity contribution < 1.29 is 9.90 Å². The summed E-state index contributed by atoms with van der Waals surface area (Å²) in [7, 11) is 0. The van der Waals surface area contributed by atoms with Gasteiger partial charge in [-0.1, -0.05) is 25.4 Å². The fourth-order valence-electron chi connectivity index (χ4n) is 2.58. The molecule has 0 aromatic heterocycles. The molecule has 0 aliphatic heterocycles. The van der Waals surface area contributed by atoms with Gasteiger partial charge in [-0.25, -0.2) is 0 Å². The van der Waals surface area contributed by atoms with Crippen LogP contribution in [0.2, 0.25) is 5.02 Å². The summed E-state index contributed by atoms with van der Waals surface area (Å²) in [6.45, 7) is 4.73. The Labute approximate surface area is 139 Å². The first-order valence-corrected chi connectivity index (χ1v) is 8.34. The van der Waals surface area contributed by atoms with E-state index >= 15 is 0 Å². The van der Waals surface area contributed by atoms with Crippen molar-refractivity contribution >= 4 is 33.4 Å². The summed E-state index contributed by atoms with van der Waals surface area (Å²) in [6.07, 6.45) is 3.40. The summed E-state index contributed by atoms with van der Waals surface area (Å²) >= 11 is 9.20. The van der Waals surface area contributed by atoms with E-state index < -0.39 is 5.60 Å². The average Bonchev–Trinajstić information content (AvgIpc) is 2.40. The van der Waals surface area contributed by atoms with E-state index in [4.69, 9.17) is 11.6 Å². The van der Waals surface area contributed by atoms with Crippen molar-refractivity contribution in [3.63, 3.8) is 0 Å². The maximum Gasteiger partial charge on any atom is 0.252 e. The van der Waals surface area contributed by atoms with Crippen LogP contribution in [0, 0.1) is 5.41 Å². The van der Waals surface area contributed by atoms with E-state index in [9.17, 15) is 9.90 Å². The zero-order chi connectivity index (χ0) is 15.7. The number of carbonyl (C=O) groups excluding carboxylic acids is 1. The number of nitrogens with one attached hydrogen (secondary N) is 1. The van der Waals surface area contributed by atoms with Gasteiger partial charge < -0.3 is 10.4 Å². The summed E-state index contributed by atoms with van der Waals surface area (Å²) in [6, 6.07) is 5.04. The lowest BCUT2D eigenvalue weighted by atomic mass is 9.71. The number of benzene rings is 1. The molecule has 1 amide bonds. The van der Waals surface area contributed by atoms with Gasteiger partial charge in [-0.3, -0.25) is 4.79 Å². The minimum absolute atomic E-state index is 0.197. The number of halogens is 2. The molecular formula is C16H21BrClNO2. The van der Waals surface area contributed by atoms with Crippen LogP contribution in [0.1, 0.15) is 49.9 Å². The molecule has 0 radical (unpaired) electrons. The molecule has 0 atom stereocenters. The number of hydrogen-bond donors (Lipinski definition) is 2. The highest BCUT2D eigenvalue weighted by molar-refractivity contribution is 9.10. The number of hydrogen-bond acceptors (Lipinski definition) is 2. The molecule has 0 heterocycles. The summed E-state index contributed by atoms with van der Waals surface area (Å²) in [5.74, 6) is -0.197. The number of rotatable bonds is 3. The van der Waals surface area contributed by atoms with Crippen molar-refractivity contribution in [3.05, 3.63) is 33.3 Å². The average molecular weight is 375 g/mol. The largest absolute Gasteiger partial charge is 0.388 e. The third-order valence-corrected chi connectivity index (χ3v) is 5.18. The summed E-state index contributed by atoms with van der Waals surface area (Å²) < 4.78 is 0.657. The molecule has 1 aromatic rings. The molecule has 1 saturated carbocycles. The quantitative estimate of drug-likeness (QED) is 0.834. The van der Waals surface area contributed by atoms with Gasteiger partial charge in [0.2, 0.25) is 0 Å². The first-order chi connectivity index (χ1) is 9.71. The Morgan fingerprint density at radius 3 is 2.52 bits per heavy atom. The van der Waals surface area contributed by atoms with Gasteiger partial charge in [-0.05, 0) is 65.2 Å². The first-order valence-electron chi connectivity index (χ1n) is 7.17. The van der Waals surface area contributed by atoms with Crippen molar-refractivity contribution in [1.29, 1.82) is 0 Å². The molecular weight excluding hydrogens is 354 g/mol. The van der Waals surface area contributed by atoms with Crippen molar-refractivity contribution in [2.24, 2.45) is 5.41 Å². The van der Waals surface area contributed by atoms with Gasteiger partial charge in [0.15, 0.2) is 0 Å². The molecule has 1 aliphatic carbocycles. The van der Waals surface area contributed by atoms with Gasteiger partial charge in [0, 0.05) is 16.0 Å².